The number of guanidine groups is 1. The Morgan fingerprint density at radius 3 is 2.50 bits per heavy atom. The first kappa shape index (κ1) is 20.9. The predicted octanol–water partition coefficient (Wildman–Crippen LogP) is 3.66. The van der Waals surface area contributed by atoms with Crippen molar-refractivity contribution in [1.82, 2.24) is 15.6 Å². The van der Waals surface area contributed by atoms with Crippen molar-refractivity contribution in [2.75, 3.05) is 37.3 Å². The largest absolute Gasteiger partial charge is 0.357 e. The summed E-state index contributed by atoms with van der Waals surface area (Å²) in [6.45, 7) is 11.2. The molecule has 0 aromatic carbocycles. The van der Waals surface area contributed by atoms with Crippen LogP contribution in [0.5, 0.6) is 0 Å². The lowest BCUT2D eigenvalue weighted by Crippen LogP contribution is -2.43. The molecule has 2 rings (SSSR count). The van der Waals surface area contributed by atoms with Crippen LogP contribution < -0.4 is 15.5 Å². The molecule has 26 heavy (non-hydrogen) atoms. The fourth-order valence-electron chi connectivity index (χ4n) is 2.88. The number of thioether (sulfide) groups is 1. The Morgan fingerprint density at radius 1 is 1.19 bits per heavy atom. The first-order chi connectivity index (χ1) is 12.5. The fourth-order valence-corrected chi connectivity index (χ4v) is 3.09. The lowest BCUT2D eigenvalue weighted by molar-refractivity contribution is 0.665. The van der Waals surface area contributed by atoms with Gasteiger partial charge in [-0.25, -0.2) is 9.98 Å². The molecule has 2 heterocycles. The number of pyridine rings is 1. The number of rotatable bonds is 7. The van der Waals surface area contributed by atoms with E-state index in [1.54, 1.807) is 0 Å². The minimum atomic E-state index is 0.187. The van der Waals surface area contributed by atoms with Crippen molar-refractivity contribution in [3.63, 3.8) is 0 Å². The van der Waals surface area contributed by atoms with Gasteiger partial charge in [0.1, 0.15) is 5.82 Å². The Balaban J connectivity index is 1.93. The van der Waals surface area contributed by atoms with Gasteiger partial charge in [-0.2, -0.15) is 11.8 Å². The third kappa shape index (κ3) is 7.06. The summed E-state index contributed by atoms with van der Waals surface area (Å²) < 4.78 is 0.187. The van der Waals surface area contributed by atoms with Crippen molar-refractivity contribution < 1.29 is 0 Å². The van der Waals surface area contributed by atoms with Gasteiger partial charge in [0.15, 0.2) is 5.96 Å². The van der Waals surface area contributed by atoms with Crippen molar-refractivity contribution in [1.29, 1.82) is 0 Å². The van der Waals surface area contributed by atoms with Gasteiger partial charge in [-0.3, -0.25) is 0 Å². The van der Waals surface area contributed by atoms with Crippen LogP contribution in [0.1, 0.15) is 52.0 Å². The van der Waals surface area contributed by atoms with E-state index in [1.165, 1.54) is 25.7 Å². The van der Waals surface area contributed by atoms with Crippen molar-refractivity contribution >= 4 is 23.5 Å². The smallest absolute Gasteiger partial charge is 0.191 e. The number of nitrogens with one attached hydrogen (secondary N) is 2. The van der Waals surface area contributed by atoms with E-state index < -0.39 is 0 Å². The van der Waals surface area contributed by atoms with E-state index >= 15 is 0 Å². The normalized spacial score (nSPS) is 16.3. The van der Waals surface area contributed by atoms with Crippen LogP contribution >= 0.6 is 11.8 Å². The van der Waals surface area contributed by atoms with Gasteiger partial charge in [0.25, 0.3) is 0 Å². The number of aromatic nitrogens is 1. The molecule has 0 amide bonds. The highest BCUT2D eigenvalue weighted by Crippen LogP contribution is 2.19. The zero-order chi connectivity index (χ0) is 18.8. The molecular weight excluding hydrogens is 342 g/mol. The third-order valence-electron chi connectivity index (χ3n) is 4.74. The second kappa shape index (κ2) is 10.7. The summed E-state index contributed by atoms with van der Waals surface area (Å²) in [6, 6.07) is 4.31. The predicted molar refractivity (Wildman–Crippen MR) is 115 cm³/mol. The van der Waals surface area contributed by atoms with Crippen LogP contribution in [-0.4, -0.2) is 48.1 Å². The van der Waals surface area contributed by atoms with Gasteiger partial charge in [-0.1, -0.05) is 18.9 Å². The highest BCUT2D eigenvalue weighted by molar-refractivity contribution is 7.99. The molecule has 1 saturated heterocycles. The van der Waals surface area contributed by atoms with Crippen LogP contribution in [-0.2, 0) is 6.54 Å². The summed E-state index contributed by atoms with van der Waals surface area (Å²) in [5.74, 6) is 1.97. The number of hydrogen-bond donors (Lipinski definition) is 2. The quantitative estimate of drug-likeness (QED) is 0.561. The molecule has 6 heteroatoms. The van der Waals surface area contributed by atoms with Crippen LogP contribution in [0.25, 0.3) is 0 Å². The minimum absolute atomic E-state index is 0.187. The maximum Gasteiger partial charge on any atom is 0.191 e. The lowest BCUT2D eigenvalue weighted by atomic mass is 10.2. The van der Waals surface area contributed by atoms with Crippen LogP contribution in [0.3, 0.4) is 0 Å². The van der Waals surface area contributed by atoms with E-state index in [9.17, 15) is 0 Å². The molecule has 0 atom stereocenters. The van der Waals surface area contributed by atoms with E-state index in [0.717, 1.165) is 43.5 Å². The summed E-state index contributed by atoms with van der Waals surface area (Å²) >= 11 is 1.86. The molecule has 1 aromatic rings. The van der Waals surface area contributed by atoms with Crippen molar-refractivity contribution in [2.24, 2.45) is 4.99 Å². The van der Waals surface area contributed by atoms with Gasteiger partial charge in [0.05, 0.1) is 6.54 Å². The van der Waals surface area contributed by atoms with Crippen molar-refractivity contribution in [3.8, 4) is 0 Å². The molecule has 0 aliphatic carbocycles. The summed E-state index contributed by atoms with van der Waals surface area (Å²) in [7, 11) is 0. The SMILES string of the molecule is CCNC(=NCc1ccc(N2CCCCCC2)nc1)NCC(C)(C)SC. The van der Waals surface area contributed by atoms with Crippen molar-refractivity contribution in [3.05, 3.63) is 23.9 Å². The maximum atomic E-state index is 4.71. The lowest BCUT2D eigenvalue weighted by Gasteiger charge is -2.23. The second-order valence-corrected chi connectivity index (χ2v) is 8.95. The summed E-state index contributed by atoms with van der Waals surface area (Å²) in [5.41, 5.74) is 1.14. The molecule has 0 unspecified atom stereocenters. The van der Waals surface area contributed by atoms with E-state index in [2.05, 4.69) is 59.7 Å². The van der Waals surface area contributed by atoms with Gasteiger partial charge in [-0.05, 0) is 51.5 Å². The zero-order valence-corrected chi connectivity index (χ0v) is 17.7. The monoisotopic (exact) mass is 377 g/mol. The summed E-state index contributed by atoms with van der Waals surface area (Å²) in [6.07, 6.45) is 9.35. The number of anilines is 1. The first-order valence-corrected chi connectivity index (χ1v) is 11.0. The topological polar surface area (TPSA) is 52.6 Å². The van der Waals surface area contributed by atoms with Gasteiger partial charge >= 0.3 is 0 Å². The van der Waals surface area contributed by atoms with Crippen LogP contribution in [0, 0.1) is 0 Å². The molecule has 1 aromatic heterocycles. The molecule has 2 N–H and O–H groups in total. The third-order valence-corrected chi connectivity index (χ3v) is 5.99. The molecule has 0 spiro atoms. The Labute approximate surface area is 163 Å². The minimum Gasteiger partial charge on any atom is -0.357 e. The zero-order valence-electron chi connectivity index (χ0n) is 16.8. The average Bonchev–Trinajstić information content (AvgIpc) is 2.94. The average molecular weight is 378 g/mol. The maximum absolute atomic E-state index is 4.71. The molecule has 0 radical (unpaired) electrons. The molecule has 1 aliphatic rings. The molecule has 146 valence electrons. The van der Waals surface area contributed by atoms with Crippen molar-refractivity contribution in [2.45, 2.75) is 57.7 Å². The summed E-state index contributed by atoms with van der Waals surface area (Å²) in [4.78, 5) is 11.8. The van der Waals surface area contributed by atoms with E-state index in [0.29, 0.717) is 6.54 Å². The molecule has 1 aliphatic heterocycles. The highest BCUT2D eigenvalue weighted by Gasteiger charge is 2.16. The number of nitrogens with zero attached hydrogens (tertiary/aromatic N) is 3. The highest BCUT2D eigenvalue weighted by atomic mass is 32.2. The Bertz CT molecular complexity index is 548. The number of hydrogen-bond acceptors (Lipinski definition) is 4. The van der Waals surface area contributed by atoms with Crippen LogP contribution in [0.2, 0.25) is 0 Å². The van der Waals surface area contributed by atoms with Crippen LogP contribution in [0.15, 0.2) is 23.3 Å². The molecule has 1 fully saturated rings. The Morgan fingerprint density at radius 2 is 1.92 bits per heavy atom. The van der Waals surface area contributed by atoms with Crippen LogP contribution in [0.4, 0.5) is 5.82 Å². The standard InChI is InChI=1S/C20H35N5S/c1-5-21-19(24-16-20(2,3)26-4)23-15-17-10-11-18(22-14-17)25-12-8-6-7-9-13-25/h10-11,14H,5-9,12-13,15-16H2,1-4H3,(H2,21,23,24). The van der Waals surface area contributed by atoms with E-state index in [4.69, 9.17) is 4.99 Å². The molecular formula is C20H35N5S. The molecule has 0 saturated carbocycles. The molecule has 0 bridgehead atoms. The molecule has 5 nitrogen and oxygen atoms in total. The summed E-state index contributed by atoms with van der Waals surface area (Å²) in [5, 5.41) is 6.76. The Hall–Kier alpha value is -1.43. The van der Waals surface area contributed by atoms with Gasteiger partial charge in [0, 0.05) is 37.1 Å². The second-order valence-electron chi connectivity index (χ2n) is 7.44. The van der Waals surface area contributed by atoms with Gasteiger partial charge < -0.3 is 15.5 Å². The van der Waals surface area contributed by atoms with Gasteiger partial charge in [-0.15, -0.1) is 0 Å². The first-order valence-electron chi connectivity index (χ1n) is 9.81. The fraction of sp³-hybridized carbons (Fsp3) is 0.700. The van der Waals surface area contributed by atoms with E-state index in [-0.39, 0.29) is 4.75 Å². The number of aliphatic imine (C=N–C) groups is 1. The van der Waals surface area contributed by atoms with Gasteiger partial charge in [0.2, 0.25) is 0 Å². The Kier molecular flexibility index (Phi) is 8.55. The van der Waals surface area contributed by atoms with E-state index in [1.807, 2.05) is 18.0 Å².